The Morgan fingerprint density at radius 3 is 2.70 bits per heavy atom. The van der Waals surface area contributed by atoms with Crippen LogP contribution in [0.2, 0.25) is 0 Å². The Balaban J connectivity index is 2.32. The molecule has 0 saturated carbocycles. The van der Waals surface area contributed by atoms with Crippen LogP contribution in [0.1, 0.15) is 51.8 Å². The Hall–Kier alpha value is -1.09. The molecule has 3 nitrogen and oxygen atoms in total. The second-order valence-corrected chi connectivity index (χ2v) is 6.49. The third kappa shape index (κ3) is 3.32. The maximum atomic E-state index is 5.86. The van der Waals surface area contributed by atoms with E-state index >= 15 is 0 Å². The third-order valence-electron chi connectivity index (χ3n) is 4.56. The zero-order valence-electron chi connectivity index (χ0n) is 13.4. The molecule has 1 aliphatic heterocycles. The molecule has 112 valence electrons. The van der Waals surface area contributed by atoms with Crippen molar-refractivity contribution in [2.75, 3.05) is 11.4 Å². The molecule has 2 heterocycles. The first kappa shape index (κ1) is 15.3. The Morgan fingerprint density at radius 2 is 2.05 bits per heavy atom. The fourth-order valence-corrected chi connectivity index (χ4v) is 3.30. The minimum absolute atomic E-state index is 0.557. The fraction of sp³-hybridized carbons (Fsp3) is 0.706. The number of pyridine rings is 1. The van der Waals surface area contributed by atoms with E-state index in [9.17, 15) is 0 Å². The van der Waals surface area contributed by atoms with Crippen LogP contribution in [0.15, 0.2) is 12.1 Å². The Labute approximate surface area is 123 Å². The molecule has 1 aliphatic rings. The molecule has 0 amide bonds. The number of aromatic nitrogens is 1. The van der Waals surface area contributed by atoms with Crippen molar-refractivity contribution in [2.24, 2.45) is 17.6 Å². The summed E-state index contributed by atoms with van der Waals surface area (Å²) in [6, 6.07) is 4.90. The third-order valence-corrected chi connectivity index (χ3v) is 4.56. The van der Waals surface area contributed by atoms with Gasteiger partial charge in [-0.15, -0.1) is 0 Å². The lowest BCUT2D eigenvalue weighted by atomic mass is 9.86. The first-order chi connectivity index (χ1) is 9.55. The van der Waals surface area contributed by atoms with Crippen molar-refractivity contribution in [2.45, 2.75) is 59.5 Å². The number of hydrogen-bond acceptors (Lipinski definition) is 3. The van der Waals surface area contributed by atoms with Gasteiger partial charge in [0.15, 0.2) is 0 Å². The summed E-state index contributed by atoms with van der Waals surface area (Å²) in [6.45, 7) is 10.9. The van der Waals surface area contributed by atoms with Crippen molar-refractivity contribution in [3.8, 4) is 0 Å². The lowest BCUT2D eigenvalue weighted by molar-refractivity contribution is 0.295. The molecule has 0 radical (unpaired) electrons. The maximum absolute atomic E-state index is 5.86. The van der Waals surface area contributed by atoms with E-state index in [0.717, 1.165) is 37.0 Å². The summed E-state index contributed by atoms with van der Waals surface area (Å²) < 4.78 is 0. The highest BCUT2D eigenvalue weighted by Crippen LogP contribution is 2.31. The standard InChI is InChI=1S/C17H29N3/c1-5-6-16-8-15(10-18)9-17(19-16)20-11-12(2)7-13(3)14(20)4/h8-9,12-14H,5-7,10-11,18H2,1-4H3. The summed E-state index contributed by atoms with van der Waals surface area (Å²) in [5.74, 6) is 2.58. The molecule has 0 aromatic carbocycles. The van der Waals surface area contributed by atoms with E-state index in [1.807, 2.05) is 0 Å². The first-order valence-electron chi connectivity index (χ1n) is 8.01. The van der Waals surface area contributed by atoms with E-state index in [2.05, 4.69) is 44.7 Å². The van der Waals surface area contributed by atoms with Gasteiger partial charge in [-0.3, -0.25) is 0 Å². The molecule has 2 N–H and O–H groups in total. The van der Waals surface area contributed by atoms with Gasteiger partial charge in [-0.2, -0.15) is 0 Å². The Kier molecular flexibility index (Phi) is 5.03. The molecular formula is C17H29N3. The summed E-state index contributed by atoms with van der Waals surface area (Å²) >= 11 is 0. The van der Waals surface area contributed by atoms with Gasteiger partial charge >= 0.3 is 0 Å². The molecule has 3 heteroatoms. The zero-order valence-corrected chi connectivity index (χ0v) is 13.4. The second-order valence-electron chi connectivity index (χ2n) is 6.49. The zero-order chi connectivity index (χ0) is 14.7. The molecule has 1 aromatic rings. The van der Waals surface area contributed by atoms with Gasteiger partial charge in [0.1, 0.15) is 5.82 Å². The van der Waals surface area contributed by atoms with E-state index in [4.69, 9.17) is 10.7 Å². The topological polar surface area (TPSA) is 42.1 Å². The van der Waals surface area contributed by atoms with Crippen LogP contribution in [0.5, 0.6) is 0 Å². The molecule has 0 spiro atoms. The van der Waals surface area contributed by atoms with Gasteiger partial charge < -0.3 is 10.6 Å². The largest absolute Gasteiger partial charge is 0.353 e. The maximum Gasteiger partial charge on any atom is 0.129 e. The van der Waals surface area contributed by atoms with E-state index in [1.165, 1.54) is 17.7 Å². The molecule has 1 aromatic heterocycles. The number of piperidine rings is 1. The monoisotopic (exact) mass is 275 g/mol. The van der Waals surface area contributed by atoms with Gasteiger partial charge in [0.05, 0.1) is 0 Å². The number of hydrogen-bond donors (Lipinski definition) is 1. The van der Waals surface area contributed by atoms with Gasteiger partial charge in [-0.1, -0.05) is 27.2 Å². The van der Waals surface area contributed by atoms with Crippen LogP contribution in [0.25, 0.3) is 0 Å². The fourth-order valence-electron chi connectivity index (χ4n) is 3.30. The van der Waals surface area contributed by atoms with Crippen molar-refractivity contribution in [1.29, 1.82) is 0 Å². The van der Waals surface area contributed by atoms with Crippen LogP contribution < -0.4 is 10.6 Å². The molecule has 2 rings (SSSR count). The van der Waals surface area contributed by atoms with Gasteiger partial charge in [0, 0.05) is 24.8 Å². The van der Waals surface area contributed by atoms with E-state index in [-0.39, 0.29) is 0 Å². The van der Waals surface area contributed by atoms with Crippen molar-refractivity contribution in [1.82, 2.24) is 4.98 Å². The van der Waals surface area contributed by atoms with Crippen LogP contribution in [0.3, 0.4) is 0 Å². The lowest BCUT2D eigenvalue weighted by Gasteiger charge is -2.42. The van der Waals surface area contributed by atoms with Crippen molar-refractivity contribution in [3.05, 3.63) is 23.4 Å². The van der Waals surface area contributed by atoms with Crippen molar-refractivity contribution in [3.63, 3.8) is 0 Å². The highest BCUT2D eigenvalue weighted by molar-refractivity contribution is 5.44. The molecule has 0 bridgehead atoms. The summed E-state index contributed by atoms with van der Waals surface area (Å²) in [4.78, 5) is 7.37. The highest BCUT2D eigenvalue weighted by atomic mass is 15.2. The van der Waals surface area contributed by atoms with E-state index in [1.54, 1.807) is 0 Å². The smallest absolute Gasteiger partial charge is 0.129 e. The predicted octanol–water partition coefficient (Wildman–Crippen LogP) is 3.36. The predicted molar refractivity (Wildman–Crippen MR) is 85.9 cm³/mol. The number of nitrogens with zero attached hydrogens (tertiary/aromatic N) is 2. The summed E-state index contributed by atoms with van der Waals surface area (Å²) in [5.41, 5.74) is 8.25. The number of nitrogens with two attached hydrogens (primary N) is 1. The van der Waals surface area contributed by atoms with Crippen LogP contribution >= 0.6 is 0 Å². The molecule has 20 heavy (non-hydrogen) atoms. The molecule has 3 atom stereocenters. The van der Waals surface area contributed by atoms with Gasteiger partial charge in [-0.25, -0.2) is 4.98 Å². The number of aryl methyl sites for hydroxylation is 1. The quantitative estimate of drug-likeness (QED) is 0.916. The molecule has 0 aliphatic carbocycles. The van der Waals surface area contributed by atoms with Crippen LogP contribution in [0.4, 0.5) is 5.82 Å². The lowest BCUT2D eigenvalue weighted by Crippen LogP contribution is -2.46. The summed E-state index contributed by atoms with van der Waals surface area (Å²) in [6.07, 6.45) is 3.48. The van der Waals surface area contributed by atoms with Crippen LogP contribution in [-0.2, 0) is 13.0 Å². The first-order valence-corrected chi connectivity index (χ1v) is 8.01. The van der Waals surface area contributed by atoms with E-state index < -0.39 is 0 Å². The van der Waals surface area contributed by atoms with Gasteiger partial charge in [0.2, 0.25) is 0 Å². The highest BCUT2D eigenvalue weighted by Gasteiger charge is 2.29. The van der Waals surface area contributed by atoms with Crippen LogP contribution in [-0.4, -0.2) is 17.6 Å². The molecule has 3 unspecified atom stereocenters. The molecule has 1 fully saturated rings. The molecular weight excluding hydrogens is 246 g/mol. The van der Waals surface area contributed by atoms with Crippen molar-refractivity contribution < 1.29 is 0 Å². The normalized spacial score (nSPS) is 26.9. The minimum atomic E-state index is 0.557. The second kappa shape index (κ2) is 6.57. The Bertz CT molecular complexity index is 444. The van der Waals surface area contributed by atoms with Gasteiger partial charge in [0.25, 0.3) is 0 Å². The Morgan fingerprint density at radius 1 is 1.30 bits per heavy atom. The molecule has 1 saturated heterocycles. The van der Waals surface area contributed by atoms with Crippen LogP contribution in [0, 0.1) is 11.8 Å². The summed E-state index contributed by atoms with van der Waals surface area (Å²) in [5, 5.41) is 0. The van der Waals surface area contributed by atoms with Gasteiger partial charge in [-0.05, 0) is 49.3 Å². The number of anilines is 1. The average molecular weight is 275 g/mol. The number of rotatable bonds is 4. The summed E-state index contributed by atoms with van der Waals surface area (Å²) in [7, 11) is 0. The van der Waals surface area contributed by atoms with Crippen molar-refractivity contribution >= 4 is 5.82 Å². The minimum Gasteiger partial charge on any atom is -0.353 e. The SMILES string of the molecule is CCCc1cc(CN)cc(N2CC(C)CC(C)C2C)n1. The average Bonchev–Trinajstić information content (AvgIpc) is 2.42. The van der Waals surface area contributed by atoms with E-state index in [0.29, 0.717) is 12.6 Å².